The van der Waals surface area contributed by atoms with Crippen molar-refractivity contribution in [1.82, 2.24) is 14.7 Å². The maximum Gasteiger partial charge on any atom is 0.0869 e. The third kappa shape index (κ3) is 3.85. The highest BCUT2D eigenvalue weighted by Gasteiger charge is 2.01. The lowest BCUT2D eigenvalue weighted by molar-refractivity contribution is 0.386. The molecule has 1 aromatic rings. The highest BCUT2D eigenvalue weighted by atomic mass is 32.1. The summed E-state index contributed by atoms with van der Waals surface area (Å²) in [4.78, 5) is 2.65. The Morgan fingerprint density at radius 3 is 2.93 bits per heavy atom. The Labute approximate surface area is 89.7 Å². The molecule has 0 amide bonds. The van der Waals surface area contributed by atoms with Gasteiger partial charge in [0, 0.05) is 26.3 Å². The van der Waals surface area contributed by atoms with Crippen LogP contribution < -0.4 is 5.73 Å². The number of nitrogens with two attached hydrogens (primary N) is 1. The zero-order valence-corrected chi connectivity index (χ0v) is 9.42. The van der Waals surface area contributed by atoms with Gasteiger partial charge in [0.1, 0.15) is 0 Å². The van der Waals surface area contributed by atoms with Gasteiger partial charge in [0.2, 0.25) is 0 Å². The van der Waals surface area contributed by atoms with E-state index in [1.54, 1.807) is 0 Å². The number of hydrogen-bond acceptors (Lipinski definition) is 3. The van der Waals surface area contributed by atoms with Crippen LogP contribution >= 0.6 is 12.2 Å². The van der Waals surface area contributed by atoms with Crippen LogP contribution in [0.5, 0.6) is 0 Å². The first-order chi connectivity index (χ1) is 6.58. The van der Waals surface area contributed by atoms with Gasteiger partial charge in [0.15, 0.2) is 0 Å². The number of aryl methyl sites for hydroxylation is 1. The van der Waals surface area contributed by atoms with Crippen molar-refractivity contribution >= 4 is 17.2 Å². The number of hydrogen-bond donors (Lipinski definition) is 1. The Hall–Kier alpha value is -0.940. The molecule has 0 aliphatic rings. The van der Waals surface area contributed by atoms with Gasteiger partial charge < -0.3 is 5.73 Å². The fourth-order valence-corrected chi connectivity index (χ4v) is 1.49. The molecular formula is C9H16N4S. The van der Waals surface area contributed by atoms with E-state index in [0.717, 1.165) is 13.0 Å². The van der Waals surface area contributed by atoms with Gasteiger partial charge in [-0.2, -0.15) is 5.10 Å². The molecule has 1 rings (SSSR count). The molecule has 0 spiro atoms. The van der Waals surface area contributed by atoms with Crippen molar-refractivity contribution in [3.63, 3.8) is 0 Å². The third-order valence-corrected chi connectivity index (χ3v) is 2.10. The lowest BCUT2D eigenvalue weighted by atomic mass is 10.2. The fourth-order valence-electron chi connectivity index (χ4n) is 1.27. The van der Waals surface area contributed by atoms with Crippen LogP contribution in [-0.4, -0.2) is 39.8 Å². The number of nitrogens with zero attached hydrogens (tertiary/aromatic N) is 3. The molecule has 0 atom stereocenters. The minimum Gasteiger partial charge on any atom is -0.392 e. The van der Waals surface area contributed by atoms with Gasteiger partial charge in [-0.05, 0) is 19.0 Å². The molecule has 78 valence electrons. The molecule has 14 heavy (non-hydrogen) atoms. The molecule has 0 bridgehead atoms. The predicted octanol–water partition coefficient (Wildman–Crippen LogP) is 0.180. The Kier molecular flexibility index (Phi) is 4.03. The van der Waals surface area contributed by atoms with Crippen molar-refractivity contribution in [2.45, 2.75) is 6.42 Å². The minimum absolute atomic E-state index is 0.540. The van der Waals surface area contributed by atoms with E-state index in [1.807, 2.05) is 31.2 Å². The highest BCUT2D eigenvalue weighted by molar-refractivity contribution is 7.80. The van der Waals surface area contributed by atoms with E-state index in [9.17, 15) is 0 Å². The zero-order chi connectivity index (χ0) is 10.6. The van der Waals surface area contributed by atoms with Gasteiger partial charge in [0.05, 0.1) is 11.2 Å². The maximum atomic E-state index is 5.44. The second-order valence-electron chi connectivity index (χ2n) is 3.48. The predicted molar refractivity (Wildman–Crippen MR) is 61.2 cm³/mol. The van der Waals surface area contributed by atoms with E-state index in [-0.39, 0.29) is 0 Å². The second kappa shape index (κ2) is 5.07. The molecule has 1 aromatic heterocycles. The van der Waals surface area contributed by atoms with E-state index in [0.29, 0.717) is 11.5 Å². The molecule has 0 aliphatic heterocycles. The molecular weight excluding hydrogens is 196 g/mol. The summed E-state index contributed by atoms with van der Waals surface area (Å²) in [6.07, 6.45) is 4.89. The molecule has 0 radical (unpaired) electrons. The van der Waals surface area contributed by atoms with Crippen molar-refractivity contribution in [2.24, 2.45) is 12.8 Å². The van der Waals surface area contributed by atoms with E-state index < -0.39 is 0 Å². The van der Waals surface area contributed by atoms with Crippen LogP contribution in [0.15, 0.2) is 12.4 Å². The Morgan fingerprint density at radius 2 is 2.43 bits per heavy atom. The van der Waals surface area contributed by atoms with Crippen LogP contribution in [0.2, 0.25) is 0 Å². The monoisotopic (exact) mass is 212 g/mol. The smallest absolute Gasteiger partial charge is 0.0869 e. The van der Waals surface area contributed by atoms with Gasteiger partial charge in [-0.25, -0.2) is 0 Å². The molecule has 0 unspecified atom stereocenters. The van der Waals surface area contributed by atoms with E-state index in [2.05, 4.69) is 10.00 Å². The van der Waals surface area contributed by atoms with E-state index >= 15 is 0 Å². The summed E-state index contributed by atoms with van der Waals surface area (Å²) >= 11 is 4.83. The first kappa shape index (κ1) is 11.1. The van der Waals surface area contributed by atoms with Crippen LogP contribution in [0.4, 0.5) is 0 Å². The minimum atomic E-state index is 0.540. The zero-order valence-electron chi connectivity index (χ0n) is 8.60. The summed E-state index contributed by atoms with van der Waals surface area (Å²) < 4.78 is 1.81. The molecule has 4 nitrogen and oxygen atoms in total. The largest absolute Gasteiger partial charge is 0.392 e. The topological polar surface area (TPSA) is 47.1 Å². The molecule has 0 saturated carbocycles. The summed E-state index contributed by atoms with van der Waals surface area (Å²) in [5, 5.41) is 4.10. The average molecular weight is 212 g/mol. The van der Waals surface area contributed by atoms with Gasteiger partial charge in [-0.3, -0.25) is 9.58 Å². The van der Waals surface area contributed by atoms with Crippen molar-refractivity contribution in [1.29, 1.82) is 0 Å². The number of rotatable bonds is 5. The fraction of sp³-hybridized carbons (Fsp3) is 0.556. The van der Waals surface area contributed by atoms with Crippen molar-refractivity contribution < 1.29 is 0 Å². The summed E-state index contributed by atoms with van der Waals surface area (Å²) in [6, 6.07) is 0. The van der Waals surface area contributed by atoms with E-state index in [1.165, 1.54) is 5.56 Å². The number of aromatic nitrogens is 2. The average Bonchev–Trinajstić information content (AvgIpc) is 2.47. The number of likely N-dealkylation sites (N-methyl/N-ethyl adjacent to an activating group) is 1. The van der Waals surface area contributed by atoms with Crippen LogP contribution in [-0.2, 0) is 13.5 Å². The molecule has 5 heteroatoms. The Morgan fingerprint density at radius 1 is 1.71 bits per heavy atom. The van der Waals surface area contributed by atoms with Crippen molar-refractivity contribution in [3.8, 4) is 0 Å². The van der Waals surface area contributed by atoms with E-state index in [4.69, 9.17) is 18.0 Å². The second-order valence-corrected chi connectivity index (χ2v) is 4.00. The lowest BCUT2D eigenvalue weighted by Crippen LogP contribution is -2.30. The normalized spacial score (nSPS) is 10.8. The third-order valence-electron chi connectivity index (χ3n) is 1.97. The van der Waals surface area contributed by atoms with Crippen molar-refractivity contribution in [2.75, 3.05) is 20.1 Å². The van der Waals surface area contributed by atoms with Gasteiger partial charge in [0.25, 0.3) is 0 Å². The van der Waals surface area contributed by atoms with Crippen molar-refractivity contribution in [3.05, 3.63) is 18.0 Å². The molecule has 0 aromatic carbocycles. The summed E-state index contributed by atoms with van der Waals surface area (Å²) in [5.74, 6) is 0. The number of thiocarbonyl (C=S) groups is 1. The van der Waals surface area contributed by atoms with Gasteiger partial charge in [-0.1, -0.05) is 12.2 Å². The Bertz CT molecular complexity index is 308. The summed E-state index contributed by atoms with van der Waals surface area (Å²) in [6.45, 7) is 1.62. The lowest BCUT2D eigenvalue weighted by Gasteiger charge is -2.14. The standard InChI is InChI=1S/C9H16N4S/c1-12(7-9(10)14)4-3-8-5-11-13(2)6-8/h5-6H,3-4,7H2,1-2H3,(H2,10,14). The van der Waals surface area contributed by atoms with Crippen LogP contribution in [0.3, 0.4) is 0 Å². The SMILES string of the molecule is CN(CCc1cnn(C)c1)CC(N)=S. The van der Waals surface area contributed by atoms with Crippen LogP contribution in [0.1, 0.15) is 5.56 Å². The first-order valence-corrected chi connectivity index (χ1v) is 4.93. The van der Waals surface area contributed by atoms with Crippen LogP contribution in [0.25, 0.3) is 0 Å². The highest BCUT2D eigenvalue weighted by Crippen LogP contribution is 1.98. The maximum absolute atomic E-state index is 5.44. The van der Waals surface area contributed by atoms with Gasteiger partial charge >= 0.3 is 0 Å². The molecule has 1 heterocycles. The molecule has 0 fully saturated rings. The Balaban J connectivity index is 2.30. The summed E-state index contributed by atoms with van der Waals surface area (Å²) in [7, 11) is 3.93. The first-order valence-electron chi connectivity index (χ1n) is 4.52. The quantitative estimate of drug-likeness (QED) is 0.707. The molecule has 0 saturated heterocycles. The molecule has 0 aliphatic carbocycles. The van der Waals surface area contributed by atoms with Gasteiger partial charge in [-0.15, -0.1) is 0 Å². The molecule has 2 N–H and O–H groups in total. The van der Waals surface area contributed by atoms with Crippen LogP contribution in [0, 0.1) is 0 Å². The summed E-state index contributed by atoms with van der Waals surface area (Å²) in [5.41, 5.74) is 6.68.